The van der Waals surface area contributed by atoms with Crippen LogP contribution in [-0.4, -0.2) is 52.8 Å². The molecule has 21 heavy (non-hydrogen) atoms. The van der Waals surface area contributed by atoms with E-state index in [0.717, 1.165) is 12.8 Å². The molecule has 6 heteroatoms. The smallest absolute Gasteiger partial charge is 0.254 e. The van der Waals surface area contributed by atoms with Gasteiger partial charge in [0, 0.05) is 50.4 Å². The van der Waals surface area contributed by atoms with E-state index >= 15 is 0 Å². The zero-order valence-electron chi connectivity index (χ0n) is 12.0. The summed E-state index contributed by atoms with van der Waals surface area (Å²) in [5.74, 6) is 0.501. The summed E-state index contributed by atoms with van der Waals surface area (Å²) in [6.07, 6.45) is 3.66. The van der Waals surface area contributed by atoms with E-state index < -0.39 is 0 Å². The van der Waals surface area contributed by atoms with Gasteiger partial charge in [0.25, 0.3) is 5.91 Å². The fourth-order valence-electron chi connectivity index (χ4n) is 2.62. The van der Waals surface area contributed by atoms with E-state index in [9.17, 15) is 9.59 Å². The Hall–Kier alpha value is -1.95. The van der Waals surface area contributed by atoms with E-state index in [1.165, 1.54) is 0 Å². The Morgan fingerprint density at radius 1 is 1.19 bits per heavy atom. The fourth-order valence-corrected chi connectivity index (χ4v) is 2.62. The first-order valence-electron chi connectivity index (χ1n) is 7.42. The average Bonchev–Trinajstić information content (AvgIpc) is 3.38. The maximum absolute atomic E-state index is 12.4. The first kappa shape index (κ1) is 14.0. The molecule has 1 aromatic heterocycles. The van der Waals surface area contributed by atoms with Crippen molar-refractivity contribution in [2.24, 2.45) is 11.7 Å². The molecule has 6 nitrogen and oxygen atoms in total. The van der Waals surface area contributed by atoms with Crippen LogP contribution < -0.4 is 5.73 Å². The van der Waals surface area contributed by atoms with Crippen molar-refractivity contribution in [3.8, 4) is 0 Å². The molecule has 0 unspecified atom stereocenters. The summed E-state index contributed by atoms with van der Waals surface area (Å²) >= 11 is 0. The van der Waals surface area contributed by atoms with Gasteiger partial charge in [-0.25, -0.2) is 0 Å². The minimum absolute atomic E-state index is 0.00868. The third-order valence-corrected chi connectivity index (χ3v) is 4.08. The molecule has 0 atom stereocenters. The Morgan fingerprint density at radius 2 is 1.86 bits per heavy atom. The van der Waals surface area contributed by atoms with E-state index in [-0.39, 0.29) is 17.7 Å². The maximum atomic E-state index is 12.4. The Labute approximate surface area is 123 Å². The number of aromatic nitrogens is 1. The molecule has 0 spiro atoms. The summed E-state index contributed by atoms with van der Waals surface area (Å²) in [6.45, 7) is 2.78. The third-order valence-electron chi connectivity index (χ3n) is 4.08. The van der Waals surface area contributed by atoms with Crippen LogP contribution in [0.3, 0.4) is 0 Å². The lowest BCUT2D eigenvalue weighted by Gasteiger charge is -2.35. The van der Waals surface area contributed by atoms with Crippen LogP contribution in [0.5, 0.6) is 0 Å². The lowest BCUT2D eigenvalue weighted by molar-refractivity contribution is -0.134. The van der Waals surface area contributed by atoms with Crippen molar-refractivity contribution in [2.75, 3.05) is 26.2 Å². The standard InChI is InChI=1S/C15H20N4O2/c16-10-13-9-12(3-4-17-13)15(21)19-7-5-18(6-8-19)14(20)11-1-2-11/h3-4,9,11H,1-2,5-8,10,16H2. The molecule has 0 bridgehead atoms. The van der Waals surface area contributed by atoms with Crippen LogP contribution in [0.4, 0.5) is 0 Å². The van der Waals surface area contributed by atoms with Crippen molar-refractivity contribution in [1.82, 2.24) is 14.8 Å². The number of carbonyl (C=O) groups excluding carboxylic acids is 2. The van der Waals surface area contributed by atoms with E-state index in [1.54, 1.807) is 23.2 Å². The number of pyridine rings is 1. The SMILES string of the molecule is NCc1cc(C(=O)N2CCN(C(=O)C3CC3)CC2)ccn1. The highest BCUT2D eigenvalue weighted by Gasteiger charge is 2.35. The van der Waals surface area contributed by atoms with Crippen LogP contribution in [0.2, 0.25) is 0 Å². The molecule has 112 valence electrons. The van der Waals surface area contributed by atoms with E-state index in [4.69, 9.17) is 5.73 Å². The third kappa shape index (κ3) is 3.05. The number of hydrogen-bond donors (Lipinski definition) is 1. The first-order chi connectivity index (χ1) is 10.2. The molecule has 0 aromatic carbocycles. The second kappa shape index (κ2) is 5.81. The zero-order chi connectivity index (χ0) is 14.8. The molecule has 1 saturated heterocycles. The fraction of sp³-hybridized carbons (Fsp3) is 0.533. The number of amides is 2. The number of carbonyl (C=O) groups is 2. The molecule has 2 aliphatic rings. The summed E-state index contributed by atoms with van der Waals surface area (Å²) < 4.78 is 0. The molecular formula is C15H20N4O2. The van der Waals surface area contributed by atoms with Crippen molar-refractivity contribution in [3.05, 3.63) is 29.6 Å². The molecular weight excluding hydrogens is 268 g/mol. The predicted octanol–water partition coefficient (Wildman–Crippen LogP) is 0.235. The van der Waals surface area contributed by atoms with Crippen LogP contribution >= 0.6 is 0 Å². The van der Waals surface area contributed by atoms with Crippen LogP contribution in [0.1, 0.15) is 28.9 Å². The topological polar surface area (TPSA) is 79.5 Å². The van der Waals surface area contributed by atoms with Gasteiger partial charge in [-0.1, -0.05) is 0 Å². The van der Waals surface area contributed by atoms with Gasteiger partial charge in [-0.05, 0) is 25.0 Å². The minimum Gasteiger partial charge on any atom is -0.339 e. The van der Waals surface area contributed by atoms with Gasteiger partial charge in [0.1, 0.15) is 0 Å². The lowest BCUT2D eigenvalue weighted by atomic mass is 10.1. The summed E-state index contributed by atoms with van der Waals surface area (Å²) in [4.78, 5) is 32.2. The van der Waals surface area contributed by atoms with Gasteiger partial charge < -0.3 is 15.5 Å². The maximum Gasteiger partial charge on any atom is 0.254 e. The van der Waals surface area contributed by atoms with Gasteiger partial charge >= 0.3 is 0 Å². The minimum atomic E-state index is -0.00868. The Balaban J connectivity index is 1.60. The van der Waals surface area contributed by atoms with Crippen molar-refractivity contribution >= 4 is 11.8 Å². The molecule has 1 saturated carbocycles. The van der Waals surface area contributed by atoms with Gasteiger partial charge in [-0.15, -0.1) is 0 Å². The number of nitrogens with two attached hydrogens (primary N) is 1. The largest absolute Gasteiger partial charge is 0.339 e. The first-order valence-corrected chi connectivity index (χ1v) is 7.42. The van der Waals surface area contributed by atoms with Crippen LogP contribution in [0.25, 0.3) is 0 Å². The van der Waals surface area contributed by atoms with Gasteiger partial charge in [0.05, 0.1) is 5.69 Å². The van der Waals surface area contributed by atoms with Gasteiger partial charge in [-0.3, -0.25) is 14.6 Å². The second-order valence-corrected chi connectivity index (χ2v) is 5.63. The zero-order valence-corrected chi connectivity index (χ0v) is 12.0. The van der Waals surface area contributed by atoms with Crippen molar-refractivity contribution in [3.63, 3.8) is 0 Å². The number of nitrogens with zero attached hydrogens (tertiary/aromatic N) is 3. The van der Waals surface area contributed by atoms with Crippen molar-refractivity contribution in [1.29, 1.82) is 0 Å². The quantitative estimate of drug-likeness (QED) is 0.864. The number of piperazine rings is 1. The Bertz CT molecular complexity index is 548. The van der Waals surface area contributed by atoms with Crippen molar-refractivity contribution in [2.45, 2.75) is 19.4 Å². The van der Waals surface area contributed by atoms with Crippen LogP contribution in [0, 0.1) is 5.92 Å². The number of hydrogen-bond acceptors (Lipinski definition) is 4. The van der Waals surface area contributed by atoms with E-state index in [0.29, 0.717) is 44.0 Å². The molecule has 2 amide bonds. The molecule has 0 radical (unpaired) electrons. The molecule has 3 rings (SSSR count). The van der Waals surface area contributed by atoms with E-state index in [2.05, 4.69) is 4.98 Å². The molecule has 1 aliphatic carbocycles. The highest BCUT2D eigenvalue weighted by atomic mass is 16.2. The predicted molar refractivity (Wildman–Crippen MR) is 77.3 cm³/mol. The molecule has 1 aliphatic heterocycles. The van der Waals surface area contributed by atoms with Crippen LogP contribution in [0.15, 0.2) is 18.3 Å². The highest BCUT2D eigenvalue weighted by Crippen LogP contribution is 2.31. The summed E-state index contributed by atoms with van der Waals surface area (Å²) in [5, 5.41) is 0. The van der Waals surface area contributed by atoms with Crippen LogP contribution in [-0.2, 0) is 11.3 Å². The Morgan fingerprint density at radius 3 is 2.48 bits per heavy atom. The summed E-state index contributed by atoms with van der Waals surface area (Å²) in [5.41, 5.74) is 6.88. The molecule has 1 aromatic rings. The molecule has 2 heterocycles. The molecule has 2 fully saturated rings. The van der Waals surface area contributed by atoms with Gasteiger partial charge in [0.15, 0.2) is 0 Å². The second-order valence-electron chi connectivity index (χ2n) is 5.63. The monoisotopic (exact) mass is 288 g/mol. The molecule has 2 N–H and O–H groups in total. The van der Waals surface area contributed by atoms with Gasteiger partial charge in [0.2, 0.25) is 5.91 Å². The lowest BCUT2D eigenvalue weighted by Crippen LogP contribution is -2.51. The Kier molecular flexibility index (Phi) is 3.88. The van der Waals surface area contributed by atoms with E-state index in [1.807, 2.05) is 4.90 Å². The highest BCUT2D eigenvalue weighted by molar-refractivity contribution is 5.94. The number of rotatable bonds is 3. The summed E-state index contributed by atoms with van der Waals surface area (Å²) in [7, 11) is 0. The van der Waals surface area contributed by atoms with Gasteiger partial charge in [-0.2, -0.15) is 0 Å². The average molecular weight is 288 g/mol. The van der Waals surface area contributed by atoms with Crippen molar-refractivity contribution < 1.29 is 9.59 Å². The normalized spacial score (nSPS) is 18.7. The summed E-state index contributed by atoms with van der Waals surface area (Å²) in [6, 6.07) is 3.45.